The lowest BCUT2D eigenvalue weighted by Gasteiger charge is -2.23. The van der Waals surface area contributed by atoms with Gasteiger partial charge in [0, 0.05) is 5.92 Å². The molecule has 0 saturated carbocycles. The van der Waals surface area contributed by atoms with Crippen LogP contribution in [0.25, 0.3) is 0 Å². The highest BCUT2D eigenvalue weighted by molar-refractivity contribution is 5.78. The normalized spacial score (nSPS) is 12.3. The Hall–Kier alpha value is -0.610. The molecule has 25 heavy (non-hydrogen) atoms. The van der Waals surface area contributed by atoms with Crippen molar-refractivity contribution in [1.82, 2.24) is 4.90 Å². The molecule has 0 aromatic heterocycles. The largest absolute Gasteiger partial charge is 0.376 e. The van der Waals surface area contributed by atoms with E-state index in [0.29, 0.717) is 0 Å². The van der Waals surface area contributed by atoms with E-state index in [4.69, 9.17) is 10.2 Å². The lowest BCUT2D eigenvalue weighted by atomic mass is 9.94. The average Bonchev–Trinajstić information content (AvgIpc) is 2.62. The van der Waals surface area contributed by atoms with Crippen LogP contribution in [-0.2, 0) is 4.79 Å². The number of rotatable bonds is 18. The third kappa shape index (κ3) is 13.3. The van der Waals surface area contributed by atoms with Crippen LogP contribution in [0.5, 0.6) is 0 Å². The zero-order valence-corrected chi connectivity index (χ0v) is 16.8. The molecule has 0 aliphatic heterocycles. The molecule has 150 valence electrons. The summed E-state index contributed by atoms with van der Waals surface area (Å²) in [6.45, 7) is 3.54. The summed E-state index contributed by atoms with van der Waals surface area (Å²) in [6, 6.07) is 0. The van der Waals surface area contributed by atoms with Gasteiger partial charge < -0.3 is 10.2 Å². The van der Waals surface area contributed by atoms with Crippen molar-refractivity contribution in [3.8, 4) is 0 Å². The molecule has 0 aliphatic rings. The molecule has 0 heterocycles. The molecule has 0 spiro atoms. The van der Waals surface area contributed by atoms with Crippen molar-refractivity contribution >= 4 is 5.91 Å². The molecular formula is C21H43NO3. The standard InChI is InChI=1S/C21H43NO3/c1-3-5-6-7-8-9-10-11-12-13-14-15-17-20(16-4-2)21(25)22(18-23)19-24/h20,23-24H,3-19H2,1-2H3. The SMILES string of the molecule is CCCCCCCCCCCCCCC(CCC)C(=O)N(CO)CO. The van der Waals surface area contributed by atoms with Gasteiger partial charge in [0.15, 0.2) is 0 Å². The van der Waals surface area contributed by atoms with Gasteiger partial charge in [-0.05, 0) is 12.8 Å². The van der Waals surface area contributed by atoms with Gasteiger partial charge in [-0.2, -0.15) is 0 Å². The number of aliphatic hydroxyl groups is 2. The molecule has 4 heteroatoms. The van der Waals surface area contributed by atoms with E-state index >= 15 is 0 Å². The fourth-order valence-corrected chi connectivity index (χ4v) is 3.41. The van der Waals surface area contributed by atoms with Crippen LogP contribution < -0.4 is 0 Å². The first-order valence-corrected chi connectivity index (χ1v) is 10.7. The van der Waals surface area contributed by atoms with Gasteiger partial charge in [-0.15, -0.1) is 0 Å². The molecule has 2 N–H and O–H groups in total. The van der Waals surface area contributed by atoms with Crippen molar-refractivity contribution < 1.29 is 15.0 Å². The van der Waals surface area contributed by atoms with Crippen LogP contribution >= 0.6 is 0 Å². The predicted octanol–water partition coefficient (Wildman–Crippen LogP) is 5.22. The van der Waals surface area contributed by atoms with Crippen molar-refractivity contribution in [2.75, 3.05) is 13.5 Å². The smallest absolute Gasteiger partial charge is 0.229 e. The van der Waals surface area contributed by atoms with Gasteiger partial charge in [0.1, 0.15) is 13.5 Å². The van der Waals surface area contributed by atoms with Gasteiger partial charge in [0.25, 0.3) is 0 Å². The Labute approximate surface area is 156 Å². The van der Waals surface area contributed by atoms with Gasteiger partial charge in [-0.25, -0.2) is 0 Å². The van der Waals surface area contributed by atoms with E-state index in [1.807, 2.05) is 0 Å². The molecule has 0 aliphatic carbocycles. The quantitative estimate of drug-likeness (QED) is 0.261. The molecule has 0 aromatic rings. The van der Waals surface area contributed by atoms with Crippen LogP contribution in [0.4, 0.5) is 0 Å². The summed E-state index contributed by atoms with van der Waals surface area (Å²) in [5.41, 5.74) is 0. The fraction of sp³-hybridized carbons (Fsp3) is 0.952. The van der Waals surface area contributed by atoms with Crippen LogP contribution in [0.2, 0.25) is 0 Å². The monoisotopic (exact) mass is 357 g/mol. The van der Waals surface area contributed by atoms with Gasteiger partial charge in [0.2, 0.25) is 5.91 Å². The first-order valence-electron chi connectivity index (χ1n) is 10.7. The number of unbranched alkanes of at least 4 members (excludes halogenated alkanes) is 11. The summed E-state index contributed by atoms with van der Waals surface area (Å²) in [5.74, 6) is -0.151. The van der Waals surface area contributed by atoms with Crippen molar-refractivity contribution in [2.45, 2.75) is 110 Å². The Morgan fingerprint density at radius 2 is 1.12 bits per heavy atom. The first-order chi connectivity index (χ1) is 12.2. The number of aliphatic hydroxyl groups excluding tert-OH is 2. The Bertz CT molecular complexity index is 293. The summed E-state index contributed by atoms with van der Waals surface area (Å²) in [7, 11) is 0. The summed E-state index contributed by atoms with van der Waals surface area (Å²) in [6.07, 6.45) is 18.5. The van der Waals surface area contributed by atoms with Gasteiger partial charge in [-0.1, -0.05) is 97.3 Å². The van der Waals surface area contributed by atoms with E-state index in [1.54, 1.807) is 0 Å². The minimum Gasteiger partial charge on any atom is -0.376 e. The van der Waals surface area contributed by atoms with Crippen molar-refractivity contribution in [3.63, 3.8) is 0 Å². The van der Waals surface area contributed by atoms with Crippen LogP contribution in [0.1, 0.15) is 110 Å². The van der Waals surface area contributed by atoms with Crippen LogP contribution in [0, 0.1) is 5.92 Å². The molecule has 0 saturated heterocycles. The summed E-state index contributed by atoms with van der Waals surface area (Å²) < 4.78 is 0. The van der Waals surface area contributed by atoms with Crippen LogP contribution in [-0.4, -0.2) is 34.5 Å². The van der Waals surface area contributed by atoms with E-state index in [1.165, 1.54) is 70.6 Å². The molecular weight excluding hydrogens is 314 g/mol. The number of hydrogen-bond donors (Lipinski definition) is 2. The van der Waals surface area contributed by atoms with Crippen molar-refractivity contribution in [3.05, 3.63) is 0 Å². The van der Waals surface area contributed by atoms with Crippen LogP contribution in [0.3, 0.4) is 0 Å². The third-order valence-electron chi connectivity index (χ3n) is 5.05. The summed E-state index contributed by atoms with van der Waals surface area (Å²) in [4.78, 5) is 13.4. The predicted molar refractivity (Wildman–Crippen MR) is 105 cm³/mol. The number of nitrogens with zero attached hydrogens (tertiary/aromatic N) is 1. The Morgan fingerprint density at radius 3 is 1.52 bits per heavy atom. The molecule has 0 rings (SSSR count). The minimum atomic E-state index is -0.395. The summed E-state index contributed by atoms with van der Waals surface area (Å²) in [5, 5.41) is 18.3. The van der Waals surface area contributed by atoms with Crippen LogP contribution in [0.15, 0.2) is 0 Å². The first kappa shape index (κ1) is 24.4. The van der Waals surface area contributed by atoms with E-state index in [2.05, 4.69) is 13.8 Å². The average molecular weight is 358 g/mol. The Balaban J connectivity index is 3.64. The molecule has 1 unspecified atom stereocenters. The molecule has 1 amide bonds. The van der Waals surface area contributed by atoms with Crippen molar-refractivity contribution in [2.24, 2.45) is 5.92 Å². The van der Waals surface area contributed by atoms with E-state index < -0.39 is 13.5 Å². The Kier molecular flexibility index (Phi) is 17.7. The van der Waals surface area contributed by atoms with Gasteiger partial charge in [0.05, 0.1) is 0 Å². The third-order valence-corrected chi connectivity index (χ3v) is 5.05. The molecule has 1 atom stereocenters. The molecule has 0 bridgehead atoms. The summed E-state index contributed by atoms with van der Waals surface area (Å²) >= 11 is 0. The topological polar surface area (TPSA) is 60.8 Å². The van der Waals surface area contributed by atoms with Gasteiger partial charge in [-0.3, -0.25) is 9.69 Å². The number of carbonyl (C=O) groups is 1. The lowest BCUT2D eigenvalue weighted by Crippen LogP contribution is -2.37. The maximum atomic E-state index is 12.2. The van der Waals surface area contributed by atoms with E-state index in [9.17, 15) is 4.79 Å². The zero-order chi connectivity index (χ0) is 18.8. The van der Waals surface area contributed by atoms with E-state index in [-0.39, 0.29) is 11.8 Å². The second kappa shape index (κ2) is 18.2. The number of hydrogen-bond acceptors (Lipinski definition) is 3. The second-order valence-corrected chi connectivity index (χ2v) is 7.32. The van der Waals surface area contributed by atoms with Gasteiger partial charge >= 0.3 is 0 Å². The molecule has 4 nitrogen and oxygen atoms in total. The molecule has 0 radical (unpaired) electrons. The number of amides is 1. The number of carbonyl (C=O) groups excluding carboxylic acids is 1. The van der Waals surface area contributed by atoms with Crippen molar-refractivity contribution in [1.29, 1.82) is 0 Å². The Morgan fingerprint density at radius 1 is 0.680 bits per heavy atom. The fourth-order valence-electron chi connectivity index (χ4n) is 3.41. The highest BCUT2D eigenvalue weighted by Crippen LogP contribution is 2.19. The minimum absolute atomic E-state index is 0.0487. The second-order valence-electron chi connectivity index (χ2n) is 7.32. The highest BCUT2D eigenvalue weighted by Gasteiger charge is 2.22. The zero-order valence-electron chi connectivity index (χ0n) is 16.8. The maximum Gasteiger partial charge on any atom is 0.229 e. The highest BCUT2D eigenvalue weighted by atomic mass is 16.3. The lowest BCUT2D eigenvalue weighted by molar-refractivity contribution is -0.144. The molecule has 0 aromatic carbocycles. The maximum absolute atomic E-state index is 12.2. The van der Waals surface area contributed by atoms with E-state index in [0.717, 1.165) is 30.6 Å². The molecule has 0 fully saturated rings.